The summed E-state index contributed by atoms with van der Waals surface area (Å²) >= 11 is 1.01. The van der Waals surface area contributed by atoms with Crippen molar-refractivity contribution in [1.82, 2.24) is 40.2 Å². The molecule has 5 aromatic rings. The number of hydrogen-bond donors (Lipinski definition) is 1. The van der Waals surface area contributed by atoms with Gasteiger partial charge in [-0.3, -0.25) is 14.8 Å². The number of benzene rings is 2. The lowest BCUT2D eigenvalue weighted by Crippen LogP contribution is -2.29. The van der Waals surface area contributed by atoms with Crippen molar-refractivity contribution < 1.29 is 4.79 Å². The molecule has 0 saturated carbocycles. The van der Waals surface area contributed by atoms with E-state index in [1.54, 1.807) is 15.8 Å². The maximum atomic E-state index is 13.9. The molecule has 11 heteroatoms. The van der Waals surface area contributed by atoms with E-state index in [4.69, 9.17) is 5.10 Å². The number of hydrogen-bond acceptors (Lipinski definition) is 7. The average Bonchev–Trinajstić information content (AvgIpc) is 3.76. The third-order valence-electron chi connectivity index (χ3n) is 7.34. The molecular weight excluding hydrogens is 546 g/mol. The largest absolute Gasteiger partial charge is 0.295 e. The number of aromatic amines is 1. The first-order chi connectivity index (χ1) is 20.7. The van der Waals surface area contributed by atoms with Crippen molar-refractivity contribution in [2.24, 2.45) is 0 Å². The molecule has 0 bridgehead atoms. The van der Waals surface area contributed by atoms with Gasteiger partial charge in [0.05, 0.1) is 23.8 Å². The van der Waals surface area contributed by atoms with Crippen LogP contribution in [0.1, 0.15) is 76.7 Å². The molecule has 0 saturated heterocycles. The fourth-order valence-corrected chi connectivity index (χ4v) is 5.83. The number of H-pyrrole nitrogens is 1. The van der Waals surface area contributed by atoms with Crippen LogP contribution in [-0.4, -0.2) is 52.0 Å². The van der Waals surface area contributed by atoms with Crippen molar-refractivity contribution in [3.8, 4) is 5.69 Å². The monoisotopic (exact) mass is 585 g/mol. The maximum absolute atomic E-state index is 13.9. The number of unbranched alkanes of at least 4 members (excludes halogenated alkanes) is 9. The molecular formula is C31H39N9OS. The first-order valence-corrected chi connectivity index (χ1v) is 15.8. The van der Waals surface area contributed by atoms with E-state index in [0.717, 1.165) is 46.9 Å². The first-order valence-electron chi connectivity index (χ1n) is 15.0. The average molecular weight is 586 g/mol. The highest BCUT2D eigenvalue weighted by Crippen LogP contribution is 2.30. The lowest BCUT2D eigenvalue weighted by atomic mass is 10.1. The van der Waals surface area contributed by atoms with Crippen LogP contribution in [-0.2, 0) is 6.54 Å². The molecule has 1 N–H and O–H groups in total. The number of anilines is 1. The molecule has 3 aromatic heterocycles. The Morgan fingerprint density at radius 1 is 0.881 bits per heavy atom. The second kappa shape index (κ2) is 15.3. The van der Waals surface area contributed by atoms with Crippen LogP contribution in [0, 0.1) is 0 Å². The fourth-order valence-electron chi connectivity index (χ4n) is 5.08. The van der Waals surface area contributed by atoms with Crippen molar-refractivity contribution in [3.05, 3.63) is 72.4 Å². The number of rotatable bonds is 16. The van der Waals surface area contributed by atoms with E-state index in [1.165, 1.54) is 51.4 Å². The standard InChI is InChI=1S/C31H39N9OS/c1-2-3-4-5-6-7-8-9-10-17-22-38(31(41)42-30-34-36-37-40(30)26-20-15-12-16-21-26)29-27-23-32-33-28(27)39(35-29)24-25-18-13-11-14-19-25/h11-16,18-21,23H,2-10,17,22,24H2,1H3,(H,32,33). The summed E-state index contributed by atoms with van der Waals surface area (Å²) in [6.45, 7) is 3.38. The summed E-state index contributed by atoms with van der Waals surface area (Å²) in [4.78, 5) is 15.7. The van der Waals surface area contributed by atoms with Crippen LogP contribution in [0.25, 0.3) is 16.7 Å². The molecule has 3 heterocycles. The van der Waals surface area contributed by atoms with Gasteiger partial charge in [-0.15, -0.1) is 5.10 Å². The summed E-state index contributed by atoms with van der Waals surface area (Å²) in [6, 6.07) is 19.7. The van der Waals surface area contributed by atoms with Crippen LogP contribution in [0.5, 0.6) is 0 Å². The van der Waals surface area contributed by atoms with Crippen molar-refractivity contribution in [2.45, 2.75) is 82.8 Å². The molecule has 10 nitrogen and oxygen atoms in total. The number of amides is 1. The Morgan fingerprint density at radius 2 is 1.55 bits per heavy atom. The highest BCUT2D eigenvalue weighted by Gasteiger charge is 2.26. The molecule has 0 radical (unpaired) electrons. The molecule has 0 atom stereocenters. The maximum Gasteiger partial charge on any atom is 0.295 e. The zero-order valence-corrected chi connectivity index (χ0v) is 25.0. The Balaban J connectivity index is 1.31. The molecule has 0 spiro atoms. The first kappa shape index (κ1) is 29.5. The van der Waals surface area contributed by atoms with E-state index in [1.807, 2.05) is 53.2 Å². The topological polar surface area (TPSA) is 110 Å². The Morgan fingerprint density at radius 3 is 2.26 bits per heavy atom. The highest BCUT2D eigenvalue weighted by molar-refractivity contribution is 8.13. The molecule has 2 aromatic carbocycles. The molecule has 1 amide bonds. The number of fused-ring (bicyclic) bond motifs is 1. The van der Waals surface area contributed by atoms with Gasteiger partial charge < -0.3 is 0 Å². The minimum atomic E-state index is -0.176. The molecule has 0 unspecified atom stereocenters. The number of para-hydroxylation sites is 1. The minimum absolute atomic E-state index is 0.176. The Labute approximate surface area is 250 Å². The number of tetrazole rings is 1. The summed E-state index contributed by atoms with van der Waals surface area (Å²) < 4.78 is 3.47. The molecule has 220 valence electrons. The van der Waals surface area contributed by atoms with Gasteiger partial charge in [-0.1, -0.05) is 113 Å². The quantitative estimate of drug-likeness (QED) is 0.0947. The van der Waals surface area contributed by atoms with Crippen molar-refractivity contribution in [2.75, 3.05) is 11.4 Å². The normalized spacial score (nSPS) is 11.4. The fraction of sp³-hybridized carbons (Fsp3) is 0.419. The summed E-state index contributed by atoms with van der Waals surface area (Å²) in [7, 11) is 0. The van der Waals surface area contributed by atoms with Crippen LogP contribution in [0.4, 0.5) is 10.6 Å². The van der Waals surface area contributed by atoms with E-state index in [0.29, 0.717) is 24.1 Å². The highest BCUT2D eigenvalue weighted by atomic mass is 32.2. The summed E-state index contributed by atoms with van der Waals surface area (Å²) in [5.41, 5.74) is 2.70. The van der Waals surface area contributed by atoms with Crippen LogP contribution in [0.15, 0.2) is 72.0 Å². The minimum Gasteiger partial charge on any atom is -0.285 e. The number of thioether (sulfide) groups is 1. The third kappa shape index (κ3) is 7.64. The number of nitrogens with one attached hydrogen (secondary N) is 1. The van der Waals surface area contributed by atoms with Gasteiger partial charge in [-0.05, 0) is 34.5 Å². The zero-order chi connectivity index (χ0) is 29.0. The van der Waals surface area contributed by atoms with Gasteiger partial charge in [-0.2, -0.15) is 14.9 Å². The molecule has 0 aliphatic rings. The lowest BCUT2D eigenvalue weighted by molar-refractivity contribution is 0.264. The number of aromatic nitrogens is 8. The predicted molar refractivity (Wildman–Crippen MR) is 167 cm³/mol. The Hall–Kier alpha value is -3.99. The van der Waals surface area contributed by atoms with Crippen LogP contribution >= 0.6 is 11.8 Å². The molecule has 0 aliphatic heterocycles. The summed E-state index contributed by atoms with van der Waals surface area (Å²) in [6.07, 6.45) is 14.0. The van der Waals surface area contributed by atoms with Gasteiger partial charge >= 0.3 is 0 Å². The van der Waals surface area contributed by atoms with E-state index in [-0.39, 0.29) is 5.24 Å². The second-order valence-electron chi connectivity index (χ2n) is 10.5. The van der Waals surface area contributed by atoms with Gasteiger partial charge in [-0.25, -0.2) is 4.68 Å². The van der Waals surface area contributed by atoms with E-state index in [2.05, 4.69) is 44.8 Å². The predicted octanol–water partition coefficient (Wildman–Crippen LogP) is 7.42. The molecule has 0 aliphatic carbocycles. The van der Waals surface area contributed by atoms with Gasteiger partial charge in [0.2, 0.25) is 5.16 Å². The van der Waals surface area contributed by atoms with E-state index < -0.39 is 0 Å². The van der Waals surface area contributed by atoms with Crippen LogP contribution < -0.4 is 4.90 Å². The molecule has 42 heavy (non-hydrogen) atoms. The molecule has 0 fully saturated rings. The number of nitrogens with zero attached hydrogens (tertiary/aromatic N) is 8. The van der Waals surface area contributed by atoms with Crippen LogP contribution in [0.3, 0.4) is 0 Å². The van der Waals surface area contributed by atoms with Gasteiger partial charge in [0.25, 0.3) is 5.24 Å². The van der Waals surface area contributed by atoms with Gasteiger partial charge in [0.15, 0.2) is 11.5 Å². The van der Waals surface area contributed by atoms with Crippen LogP contribution in [0.2, 0.25) is 0 Å². The van der Waals surface area contributed by atoms with Gasteiger partial charge in [0, 0.05) is 18.3 Å². The SMILES string of the molecule is CCCCCCCCCCCCN(C(=O)Sc1nnnn1-c1ccccc1)c1nn(Cc2ccccc2)c2[nH]ncc12. The zero-order valence-electron chi connectivity index (χ0n) is 24.2. The van der Waals surface area contributed by atoms with E-state index >= 15 is 0 Å². The van der Waals surface area contributed by atoms with Gasteiger partial charge in [0.1, 0.15) is 0 Å². The Bertz CT molecular complexity index is 1510. The summed E-state index contributed by atoms with van der Waals surface area (Å²) in [5, 5.41) is 25.4. The number of carbonyl (C=O) groups excluding carboxylic acids is 1. The second-order valence-corrected chi connectivity index (χ2v) is 11.4. The Kier molecular flexibility index (Phi) is 10.7. The number of carbonyl (C=O) groups is 1. The van der Waals surface area contributed by atoms with Crippen molar-refractivity contribution in [1.29, 1.82) is 0 Å². The van der Waals surface area contributed by atoms with Crippen molar-refractivity contribution in [3.63, 3.8) is 0 Å². The summed E-state index contributed by atoms with van der Waals surface area (Å²) in [5.74, 6) is 0.599. The lowest BCUT2D eigenvalue weighted by Gasteiger charge is -2.20. The third-order valence-corrected chi connectivity index (χ3v) is 8.17. The van der Waals surface area contributed by atoms with E-state index in [9.17, 15) is 4.79 Å². The van der Waals surface area contributed by atoms with Crippen molar-refractivity contribution >= 4 is 33.9 Å². The molecule has 5 rings (SSSR count). The smallest absolute Gasteiger partial charge is 0.285 e.